The SMILES string of the molecule is COc1ccc2nc(Nc3ncccc3C#N)sc2c1. The molecule has 0 saturated carbocycles. The minimum Gasteiger partial charge on any atom is -0.497 e. The predicted molar refractivity (Wildman–Crippen MR) is 78.4 cm³/mol. The second-order valence-corrected chi connectivity index (χ2v) is 5.02. The van der Waals surface area contributed by atoms with Crippen molar-refractivity contribution >= 4 is 32.5 Å². The fourth-order valence-corrected chi connectivity index (χ4v) is 2.68. The summed E-state index contributed by atoms with van der Waals surface area (Å²) in [5.41, 5.74) is 1.37. The fraction of sp³-hybridized carbons (Fsp3) is 0.0714. The molecule has 0 aliphatic heterocycles. The van der Waals surface area contributed by atoms with Gasteiger partial charge in [0.15, 0.2) is 5.13 Å². The van der Waals surface area contributed by atoms with Gasteiger partial charge >= 0.3 is 0 Å². The Labute approximate surface area is 119 Å². The molecule has 0 saturated heterocycles. The van der Waals surface area contributed by atoms with Crippen molar-refractivity contribution in [2.24, 2.45) is 0 Å². The van der Waals surface area contributed by atoms with Crippen LogP contribution >= 0.6 is 11.3 Å². The van der Waals surface area contributed by atoms with Gasteiger partial charge in [0.05, 0.1) is 22.9 Å². The number of nitriles is 1. The van der Waals surface area contributed by atoms with Gasteiger partial charge in [-0.1, -0.05) is 11.3 Å². The first-order chi connectivity index (χ1) is 9.80. The monoisotopic (exact) mass is 282 g/mol. The molecule has 0 fully saturated rings. The Morgan fingerprint density at radius 2 is 2.25 bits per heavy atom. The van der Waals surface area contributed by atoms with Crippen LogP contribution in [-0.2, 0) is 0 Å². The van der Waals surface area contributed by atoms with E-state index in [1.54, 1.807) is 25.4 Å². The number of anilines is 2. The molecule has 5 nitrogen and oxygen atoms in total. The van der Waals surface area contributed by atoms with Gasteiger partial charge in [-0.2, -0.15) is 5.26 Å². The molecule has 3 aromatic rings. The lowest BCUT2D eigenvalue weighted by Gasteiger charge is -2.01. The molecule has 1 N–H and O–H groups in total. The highest BCUT2D eigenvalue weighted by Gasteiger charge is 2.08. The third-order valence-corrected chi connectivity index (χ3v) is 3.68. The van der Waals surface area contributed by atoms with Crippen LogP contribution in [0.2, 0.25) is 0 Å². The Bertz CT molecular complexity index is 806. The molecule has 0 aliphatic rings. The highest BCUT2D eigenvalue weighted by atomic mass is 32.1. The number of methoxy groups -OCH3 is 1. The predicted octanol–water partition coefficient (Wildman–Crippen LogP) is 3.32. The highest BCUT2D eigenvalue weighted by Crippen LogP contribution is 2.30. The fourth-order valence-electron chi connectivity index (χ4n) is 1.78. The number of ether oxygens (including phenoxy) is 1. The van der Waals surface area contributed by atoms with Crippen molar-refractivity contribution < 1.29 is 4.74 Å². The molecule has 0 radical (unpaired) electrons. The van der Waals surface area contributed by atoms with Crippen molar-refractivity contribution in [3.8, 4) is 11.8 Å². The zero-order chi connectivity index (χ0) is 13.9. The van der Waals surface area contributed by atoms with Crippen LogP contribution in [0, 0.1) is 11.3 Å². The van der Waals surface area contributed by atoms with Gasteiger partial charge in [-0.25, -0.2) is 9.97 Å². The first kappa shape index (κ1) is 12.4. The number of fused-ring (bicyclic) bond motifs is 1. The number of benzene rings is 1. The average molecular weight is 282 g/mol. The zero-order valence-electron chi connectivity index (χ0n) is 10.6. The first-order valence-corrected chi connectivity index (χ1v) is 6.68. The van der Waals surface area contributed by atoms with Crippen molar-refractivity contribution in [3.05, 3.63) is 42.1 Å². The Morgan fingerprint density at radius 1 is 1.35 bits per heavy atom. The summed E-state index contributed by atoms with van der Waals surface area (Å²) in [5, 5.41) is 12.8. The third kappa shape index (κ3) is 2.27. The number of nitrogens with zero attached hydrogens (tertiary/aromatic N) is 3. The van der Waals surface area contributed by atoms with E-state index in [-0.39, 0.29) is 0 Å². The summed E-state index contributed by atoms with van der Waals surface area (Å²) in [4.78, 5) is 8.62. The van der Waals surface area contributed by atoms with Gasteiger partial charge in [0.1, 0.15) is 17.6 Å². The van der Waals surface area contributed by atoms with Gasteiger partial charge < -0.3 is 10.1 Å². The summed E-state index contributed by atoms with van der Waals surface area (Å²) in [6.45, 7) is 0. The van der Waals surface area contributed by atoms with Crippen LogP contribution < -0.4 is 10.1 Å². The number of hydrogen-bond donors (Lipinski definition) is 1. The van der Waals surface area contributed by atoms with Gasteiger partial charge in [0, 0.05) is 6.20 Å². The van der Waals surface area contributed by atoms with E-state index in [0.29, 0.717) is 16.5 Å². The van der Waals surface area contributed by atoms with Crippen LogP contribution in [0.3, 0.4) is 0 Å². The second-order valence-electron chi connectivity index (χ2n) is 3.99. The number of pyridine rings is 1. The highest BCUT2D eigenvalue weighted by molar-refractivity contribution is 7.22. The first-order valence-electron chi connectivity index (χ1n) is 5.87. The van der Waals surface area contributed by atoms with Crippen molar-refractivity contribution in [2.45, 2.75) is 0 Å². The van der Waals surface area contributed by atoms with Crippen LogP contribution in [0.4, 0.5) is 10.9 Å². The summed E-state index contributed by atoms with van der Waals surface area (Å²) < 4.78 is 6.20. The molecule has 0 atom stereocenters. The van der Waals surface area contributed by atoms with Gasteiger partial charge in [0.25, 0.3) is 0 Å². The second kappa shape index (κ2) is 5.15. The molecule has 0 bridgehead atoms. The van der Waals surface area contributed by atoms with E-state index in [2.05, 4.69) is 21.4 Å². The van der Waals surface area contributed by atoms with E-state index in [9.17, 15) is 0 Å². The summed E-state index contributed by atoms with van der Waals surface area (Å²) in [6.07, 6.45) is 1.64. The van der Waals surface area contributed by atoms with Crippen molar-refractivity contribution in [1.82, 2.24) is 9.97 Å². The number of rotatable bonds is 3. The van der Waals surface area contributed by atoms with Crippen LogP contribution in [0.5, 0.6) is 5.75 Å². The molecule has 98 valence electrons. The van der Waals surface area contributed by atoms with Crippen LogP contribution in [0.15, 0.2) is 36.5 Å². The Morgan fingerprint density at radius 3 is 3.05 bits per heavy atom. The normalized spacial score (nSPS) is 10.2. The minimum absolute atomic E-state index is 0.490. The Balaban J connectivity index is 1.97. The number of aromatic nitrogens is 2. The summed E-state index contributed by atoms with van der Waals surface area (Å²) >= 11 is 1.49. The maximum absolute atomic E-state index is 9.04. The standard InChI is InChI=1S/C14H10N4OS/c1-19-10-4-5-11-12(7-10)20-14(17-11)18-13-9(8-15)3-2-6-16-13/h2-7H,1H3,(H,16,17,18). The largest absolute Gasteiger partial charge is 0.497 e. The summed E-state index contributed by atoms with van der Waals surface area (Å²) in [5.74, 6) is 1.31. The van der Waals surface area contributed by atoms with E-state index in [1.807, 2.05) is 18.2 Å². The van der Waals surface area contributed by atoms with E-state index in [4.69, 9.17) is 10.00 Å². The van der Waals surface area contributed by atoms with Gasteiger partial charge in [-0.15, -0.1) is 0 Å². The van der Waals surface area contributed by atoms with Crippen LogP contribution in [-0.4, -0.2) is 17.1 Å². The molecule has 0 aliphatic carbocycles. The number of nitrogens with one attached hydrogen (secondary N) is 1. The molecule has 2 heterocycles. The smallest absolute Gasteiger partial charge is 0.189 e. The molecular formula is C14H10N4OS. The molecule has 0 unspecified atom stereocenters. The van der Waals surface area contributed by atoms with E-state index < -0.39 is 0 Å². The molecule has 20 heavy (non-hydrogen) atoms. The van der Waals surface area contributed by atoms with Crippen molar-refractivity contribution in [1.29, 1.82) is 5.26 Å². The molecule has 1 aromatic carbocycles. The molecule has 6 heteroatoms. The van der Waals surface area contributed by atoms with Gasteiger partial charge in [-0.05, 0) is 30.3 Å². The quantitative estimate of drug-likeness (QED) is 0.798. The Hall–Kier alpha value is -2.65. The Kier molecular flexibility index (Phi) is 3.19. The third-order valence-electron chi connectivity index (χ3n) is 2.75. The van der Waals surface area contributed by atoms with E-state index >= 15 is 0 Å². The topological polar surface area (TPSA) is 70.8 Å². The van der Waals surface area contributed by atoms with Crippen molar-refractivity contribution in [3.63, 3.8) is 0 Å². The summed E-state index contributed by atoms with van der Waals surface area (Å²) in [6, 6.07) is 11.2. The lowest BCUT2D eigenvalue weighted by molar-refractivity contribution is 0.415. The van der Waals surface area contributed by atoms with Crippen molar-refractivity contribution in [2.75, 3.05) is 12.4 Å². The average Bonchev–Trinajstić information content (AvgIpc) is 2.89. The lowest BCUT2D eigenvalue weighted by Crippen LogP contribution is -1.95. The molecular weight excluding hydrogens is 272 g/mol. The van der Waals surface area contributed by atoms with Crippen LogP contribution in [0.25, 0.3) is 10.2 Å². The molecule has 2 aromatic heterocycles. The van der Waals surface area contributed by atoms with Gasteiger partial charge in [0.2, 0.25) is 0 Å². The van der Waals surface area contributed by atoms with Gasteiger partial charge in [-0.3, -0.25) is 0 Å². The van der Waals surface area contributed by atoms with Crippen LogP contribution in [0.1, 0.15) is 5.56 Å². The lowest BCUT2D eigenvalue weighted by atomic mass is 10.3. The molecule has 3 rings (SSSR count). The zero-order valence-corrected chi connectivity index (χ0v) is 11.4. The molecule has 0 amide bonds. The molecule has 0 spiro atoms. The van der Waals surface area contributed by atoms with E-state index in [1.165, 1.54) is 11.3 Å². The van der Waals surface area contributed by atoms with E-state index in [0.717, 1.165) is 16.0 Å². The number of thiazole rings is 1. The maximum atomic E-state index is 9.04. The minimum atomic E-state index is 0.490. The maximum Gasteiger partial charge on any atom is 0.189 e. The number of hydrogen-bond acceptors (Lipinski definition) is 6. The summed E-state index contributed by atoms with van der Waals surface area (Å²) in [7, 11) is 1.63.